The topological polar surface area (TPSA) is 281 Å². The molecule has 6 atom stereocenters. The number of benzene rings is 1. The average Bonchev–Trinajstić information content (AvgIpc) is 3.57. The summed E-state index contributed by atoms with van der Waals surface area (Å²) in [6.07, 6.45) is 0.616. The molecule has 0 bridgehead atoms. The van der Waals surface area contributed by atoms with Crippen molar-refractivity contribution in [3.05, 3.63) is 35.1 Å². The molecule has 56 heavy (non-hydrogen) atoms. The number of aliphatic imine (C=N–C) groups is 1. The standard InChI is InChI=1S/C36H53N9O11/c1-7-43(3)25-15-20-10-11-23(54-6)30-28(20)29-31(56-30)24(12-13-36(25,29)53)55-35(52)45(5)22(33(51)44(4)18-27(48)49)16-41-32(50)21(9-8-14-39-34(37)38)42-26(47)17-40-19(2)46/h10-12,21-22,25,29,31,53H,7-9,13-18H2,1-6H3,(H,40,46)(H,41,50)(H,42,47)(H,48,49)(H4,37,38,39)/t21-,22-,25+,29?,31-,36+/m0/s1. The zero-order valence-corrected chi connectivity index (χ0v) is 32.5. The largest absolute Gasteiger partial charge is 0.493 e. The van der Waals surface area contributed by atoms with Gasteiger partial charge in [0.05, 0.1) is 25.2 Å². The number of amides is 5. The van der Waals surface area contributed by atoms with Crippen LogP contribution in [-0.4, -0.2) is 157 Å². The van der Waals surface area contributed by atoms with E-state index >= 15 is 0 Å². The van der Waals surface area contributed by atoms with Crippen molar-refractivity contribution in [3.63, 3.8) is 0 Å². The highest BCUT2D eigenvalue weighted by molar-refractivity contribution is 5.91. The Balaban J connectivity index is 1.58. The molecule has 1 heterocycles. The maximum absolute atomic E-state index is 13.9. The number of carboxylic acid groups (broad SMARTS) is 1. The molecule has 0 spiro atoms. The van der Waals surface area contributed by atoms with E-state index in [9.17, 15) is 39.0 Å². The first-order chi connectivity index (χ1) is 26.4. The molecular weight excluding hydrogens is 734 g/mol. The van der Waals surface area contributed by atoms with Crippen LogP contribution in [0.5, 0.6) is 11.5 Å². The minimum absolute atomic E-state index is 0.0523. The summed E-state index contributed by atoms with van der Waals surface area (Å²) in [6, 6.07) is 0.796. The number of rotatable bonds is 18. The van der Waals surface area contributed by atoms with Crippen LogP contribution in [0.15, 0.2) is 29.0 Å². The third-order valence-electron chi connectivity index (χ3n) is 10.4. The molecule has 9 N–H and O–H groups in total. The van der Waals surface area contributed by atoms with Gasteiger partial charge in [-0.1, -0.05) is 13.0 Å². The first-order valence-corrected chi connectivity index (χ1v) is 18.2. The van der Waals surface area contributed by atoms with Crippen molar-refractivity contribution in [1.82, 2.24) is 30.7 Å². The van der Waals surface area contributed by atoms with Crippen molar-refractivity contribution in [2.45, 2.75) is 75.3 Å². The third-order valence-corrected chi connectivity index (χ3v) is 10.4. The maximum Gasteiger partial charge on any atom is 0.415 e. The average molecular weight is 788 g/mol. The molecule has 5 amide bonds. The summed E-state index contributed by atoms with van der Waals surface area (Å²) in [5.41, 5.74) is 11.2. The summed E-state index contributed by atoms with van der Waals surface area (Å²) in [5, 5.41) is 29.2. The van der Waals surface area contributed by atoms with E-state index in [4.69, 9.17) is 25.7 Å². The first-order valence-electron chi connectivity index (χ1n) is 18.2. The van der Waals surface area contributed by atoms with Gasteiger partial charge < -0.3 is 61.6 Å². The van der Waals surface area contributed by atoms with Crippen molar-refractivity contribution in [2.24, 2.45) is 16.5 Å². The normalized spacial score (nSPS) is 21.2. The predicted octanol–water partition coefficient (Wildman–Crippen LogP) is -1.79. The number of aliphatic hydroxyl groups is 1. The molecule has 20 nitrogen and oxygen atoms in total. The Bertz CT molecular complexity index is 1750. The number of methoxy groups -OCH3 is 1. The van der Waals surface area contributed by atoms with Gasteiger partial charge in [0.15, 0.2) is 23.6 Å². The van der Waals surface area contributed by atoms with Gasteiger partial charge in [-0.3, -0.25) is 33.9 Å². The zero-order chi connectivity index (χ0) is 41.5. The Hall–Kier alpha value is -5.63. The van der Waals surface area contributed by atoms with Crippen molar-refractivity contribution in [3.8, 4) is 11.5 Å². The van der Waals surface area contributed by atoms with Crippen LogP contribution in [0.3, 0.4) is 0 Å². The number of nitrogens with zero attached hydrogens (tertiary/aromatic N) is 4. The van der Waals surface area contributed by atoms with Crippen molar-refractivity contribution >= 4 is 41.7 Å². The lowest BCUT2D eigenvalue weighted by atomic mass is 9.63. The number of likely N-dealkylation sites (N-methyl/N-ethyl adjacent to an activating group) is 3. The van der Waals surface area contributed by atoms with Crippen LogP contribution in [-0.2, 0) is 35.1 Å². The number of hydrogen-bond acceptors (Lipinski definition) is 12. The molecular formula is C36H53N9O11. The summed E-state index contributed by atoms with van der Waals surface area (Å²) in [5.74, 6) is -3.83. The number of carbonyl (C=O) groups is 6. The van der Waals surface area contributed by atoms with Gasteiger partial charge in [-0.15, -0.1) is 0 Å². The van der Waals surface area contributed by atoms with Gasteiger partial charge in [-0.2, -0.15) is 0 Å². The Morgan fingerprint density at radius 1 is 1.12 bits per heavy atom. The number of nitrogens with two attached hydrogens (primary N) is 2. The molecule has 1 aliphatic heterocycles. The molecule has 3 aliphatic rings. The summed E-state index contributed by atoms with van der Waals surface area (Å²) in [6.45, 7) is 2.39. The summed E-state index contributed by atoms with van der Waals surface area (Å²) in [7, 11) is 5.92. The second-order valence-corrected chi connectivity index (χ2v) is 14.1. The second-order valence-electron chi connectivity index (χ2n) is 14.1. The van der Waals surface area contributed by atoms with E-state index in [1.54, 1.807) is 12.1 Å². The number of nitrogens with one attached hydrogen (secondary N) is 3. The molecule has 1 aromatic rings. The van der Waals surface area contributed by atoms with Gasteiger partial charge in [0.2, 0.25) is 23.6 Å². The Morgan fingerprint density at radius 2 is 1.84 bits per heavy atom. The molecule has 0 radical (unpaired) electrons. The van der Waals surface area contributed by atoms with Crippen LogP contribution in [0.1, 0.15) is 50.2 Å². The quantitative estimate of drug-likeness (QED) is 0.0492. The Morgan fingerprint density at radius 3 is 2.46 bits per heavy atom. The molecule has 20 heteroatoms. The van der Waals surface area contributed by atoms with Crippen LogP contribution >= 0.6 is 0 Å². The lowest BCUT2D eigenvalue weighted by Crippen LogP contribution is -2.61. The molecule has 1 aromatic carbocycles. The fraction of sp³-hybridized carbons (Fsp3) is 0.583. The van der Waals surface area contributed by atoms with E-state index in [-0.39, 0.29) is 43.6 Å². The van der Waals surface area contributed by atoms with E-state index in [1.165, 1.54) is 28.1 Å². The first kappa shape index (κ1) is 43.1. The lowest BCUT2D eigenvalue weighted by molar-refractivity contribution is -0.145. The molecule has 1 unspecified atom stereocenters. The highest BCUT2D eigenvalue weighted by Crippen LogP contribution is 2.59. The number of hydrogen-bond donors (Lipinski definition) is 7. The minimum atomic E-state index is -1.49. The van der Waals surface area contributed by atoms with Crippen LogP contribution in [0.25, 0.3) is 0 Å². The van der Waals surface area contributed by atoms with Gasteiger partial charge >= 0.3 is 12.1 Å². The highest BCUT2D eigenvalue weighted by Gasteiger charge is 2.60. The number of carbonyl (C=O) groups excluding carboxylic acids is 5. The highest BCUT2D eigenvalue weighted by atomic mass is 16.6. The monoisotopic (exact) mass is 787 g/mol. The molecule has 0 fully saturated rings. The maximum atomic E-state index is 13.9. The van der Waals surface area contributed by atoms with Crippen LogP contribution < -0.4 is 36.9 Å². The predicted molar refractivity (Wildman–Crippen MR) is 200 cm³/mol. The van der Waals surface area contributed by atoms with E-state index in [0.29, 0.717) is 24.5 Å². The fourth-order valence-corrected chi connectivity index (χ4v) is 7.36. The van der Waals surface area contributed by atoms with Crippen molar-refractivity contribution in [1.29, 1.82) is 0 Å². The van der Waals surface area contributed by atoms with E-state index in [2.05, 4.69) is 25.8 Å². The van der Waals surface area contributed by atoms with Gasteiger partial charge in [0.25, 0.3) is 0 Å². The van der Waals surface area contributed by atoms with Crippen molar-refractivity contribution < 1.29 is 53.2 Å². The van der Waals surface area contributed by atoms with Gasteiger partial charge in [0, 0.05) is 52.1 Å². The Kier molecular flexibility index (Phi) is 14.1. The molecule has 0 saturated heterocycles. The summed E-state index contributed by atoms with van der Waals surface area (Å²) >= 11 is 0. The van der Waals surface area contributed by atoms with Gasteiger partial charge in [0.1, 0.15) is 24.4 Å². The van der Waals surface area contributed by atoms with E-state index in [0.717, 1.165) is 20.9 Å². The third kappa shape index (κ3) is 9.59. The molecule has 0 saturated carbocycles. The lowest BCUT2D eigenvalue weighted by Gasteiger charge is -2.50. The molecule has 2 aliphatic carbocycles. The van der Waals surface area contributed by atoms with Crippen LogP contribution in [0.2, 0.25) is 0 Å². The zero-order valence-electron chi connectivity index (χ0n) is 32.5. The minimum Gasteiger partial charge on any atom is -0.493 e. The Labute approximate surface area is 324 Å². The van der Waals surface area contributed by atoms with Crippen LogP contribution in [0.4, 0.5) is 4.79 Å². The molecule has 4 rings (SSSR count). The molecule has 0 aromatic heterocycles. The molecule has 308 valence electrons. The van der Waals surface area contributed by atoms with E-state index in [1.807, 2.05) is 20.0 Å². The number of carboxylic acids is 1. The number of guanidine groups is 1. The smallest absolute Gasteiger partial charge is 0.415 e. The van der Waals surface area contributed by atoms with E-state index < -0.39 is 85.0 Å². The number of ether oxygens (including phenoxy) is 3. The fourth-order valence-electron chi connectivity index (χ4n) is 7.36. The SMILES string of the molecule is CCN(C)[C@@H]1Cc2ccc(OC)c3c2C2[C@@H](O3)C(OC(=O)N(C)[C@@H](CNC(=O)[C@H](CCCN=C(N)N)NC(=O)CNC(C)=O)C(=O)N(C)CC(=O)O)=CC[C@]21O. The number of aliphatic carboxylic acids is 1. The second kappa shape index (κ2) is 18.3. The van der Waals surface area contributed by atoms with Gasteiger partial charge in [-0.05, 0) is 50.6 Å². The van der Waals surface area contributed by atoms with Crippen LogP contribution in [0, 0.1) is 0 Å². The summed E-state index contributed by atoms with van der Waals surface area (Å²) < 4.78 is 17.9. The van der Waals surface area contributed by atoms with Gasteiger partial charge in [-0.25, -0.2) is 4.79 Å². The summed E-state index contributed by atoms with van der Waals surface area (Å²) in [4.78, 5) is 84.2. The van der Waals surface area contributed by atoms with Crippen molar-refractivity contribution in [2.75, 3.05) is 61.0 Å².